The van der Waals surface area contributed by atoms with Crippen molar-refractivity contribution in [3.63, 3.8) is 0 Å². The minimum atomic E-state index is -3.51. The van der Waals surface area contributed by atoms with Gasteiger partial charge >= 0.3 is 12.1 Å². The zero-order valence-corrected chi connectivity index (χ0v) is 43.0. The maximum atomic E-state index is 13.8. The lowest BCUT2D eigenvalue weighted by molar-refractivity contribution is -0.172. The van der Waals surface area contributed by atoms with E-state index in [9.17, 15) is 51.9 Å². The van der Waals surface area contributed by atoms with E-state index >= 15 is 0 Å². The number of esters is 1. The van der Waals surface area contributed by atoms with Crippen molar-refractivity contribution in [1.29, 1.82) is 0 Å². The average Bonchev–Trinajstić information content (AvgIpc) is 3.89. The molecule has 5 heterocycles. The molecule has 0 bridgehead atoms. The number of carbonyl (C=O) groups is 7. The van der Waals surface area contributed by atoms with Gasteiger partial charge in [0, 0.05) is 60.1 Å². The molecule has 4 N–H and O–H groups in total. The lowest BCUT2D eigenvalue weighted by Gasteiger charge is -2.31. The Hall–Kier alpha value is -7.46. The maximum Gasteiger partial charge on any atom is 0.412 e. The Balaban J connectivity index is 0.922. The van der Waals surface area contributed by atoms with E-state index in [-0.39, 0.29) is 98.5 Å². The molecule has 0 saturated heterocycles. The Morgan fingerprint density at radius 1 is 0.919 bits per heavy atom. The molecule has 0 saturated carbocycles. The molecule has 0 spiro atoms. The Kier molecular flexibility index (Phi) is 16.7. The summed E-state index contributed by atoms with van der Waals surface area (Å²) in [5, 5.41) is 20.1. The van der Waals surface area contributed by atoms with Crippen LogP contribution in [0.1, 0.15) is 94.5 Å². The monoisotopic (exact) mass is 1040 g/mol. The summed E-state index contributed by atoms with van der Waals surface area (Å²) < 4.78 is 42.8. The molecule has 394 valence electrons. The van der Waals surface area contributed by atoms with Gasteiger partial charge in [0.25, 0.3) is 17.4 Å². The number of fused-ring (bicyclic) bond motifs is 5. The predicted octanol–water partition coefficient (Wildman–Crippen LogP) is 3.73. The second-order valence-electron chi connectivity index (χ2n) is 19.0. The van der Waals surface area contributed by atoms with E-state index in [4.69, 9.17) is 19.2 Å². The first-order valence-corrected chi connectivity index (χ1v) is 26.6. The molecule has 3 aliphatic rings. The number of hydrogen-bond donors (Lipinski definition) is 4. The molecular weight excluding hydrogens is 979 g/mol. The Bertz CT molecular complexity index is 3080. The third-order valence-electron chi connectivity index (χ3n) is 13.3. The molecule has 0 aliphatic carbocycles. The fourth-order valence-electron chi connectivity index (χ4n) is 8.98. The number of amides is 6. The summed E-state index contributed by atoms with van der Waals surface area (Å²) in [4.78, 5) is 110. The number of ether oxygens (including phenoxy) is 3. The second-order valence-corrected chi connectivity index (χ2v) is 21.2. The number of hydrogen-bond acceptors (Lipinski definition) is 15. The number of nitrogens with zero attached hydrogens (tertiary/aromatic N) is 4. The van der Waals surface area contributed by atoms with E-state index in [0.717, 1.165) is 32.6 Å². The quantitative estimate of drug-likeness (QED) is 0.0333. The molecule has 3 atom stereocenters. The number of aliphatic hydroxyl groups is 1. The summed E-state index contributed by atoms with van der Waals surface area (Å²) in [6, 6.07) is 11.3. The largest absolute Gasteiger partial charge is 0.473 e. The SMILES string of the molecule is CCc1c2c(nc3ccc(OCN(CCS(C)(=O)=O)C(=O)OCc4ccc(NC(=O)[C@H](C)NC(=O)[C@@H](NC(=O)CCCCCN5C(=O)C=CC5=O)C(C)C)cc4)cc13)-c1cc3c(c(=O)n1C2)COC(=O)[C@]3(O)CC. The number of cyclic esters (lactones) is 1. The number of unbranched alkanes of at least 4 members (excludes halogenated alkanes) is 2. The van der Waals surface area contributed by atoms with Crippen LogP contribution in [0.5, 0.6) is 5.75 Å². The van der Waals surface area contributed by atoms with Gasteiger partial charge < -0.3 is 39.8 Å². The number of nitrogens with one attached hydrogen (secondary N) is 3. The van der Waals surface area contributed by atoms with Gasteiger partial charge in [0.2, 0.25) is 17.7 Å². The first-order valence-electron chi connectivity index (χ1n) is 24.5. The zero-order chi connectivity index (χ0) is 53.6. The molecule has 6 amide bonds. The van der Waals surface area contributed by atoms with Crippen LogP contribution in [0.2, 0.25) is 0 Å². The number of benzene rings is 2. The van der Waals surface area contributed by atoms with Crippen LogP contribution in [0.3, 0.4) is 0 Å². The summed E-state index contributed by atoms with van der Waals surface area (Å²) >= 11 is 0. The summed E-state index contributed by atoms with van der Waals surface area (Å²) in [5.41, 5.74) is 2.33. The molecule has 74 heavy (non-hydrogen) atoms. The molecule has 21 nitrogen and oxygen atoms in total. The van der Waals surface area contributed by atoms with Gasteiger partial charge in [-0.1, -0.05) is 46.2 Å². The van der Waals surface area contributed by atoms with E-state index in [2.05, 4.69) is 16.0 Å². The van der Waals surface area contributed by atoms with E-state index < -0.39 is 51.4 Å². The van der Waals surface area contributed by atoms with Crippen LogP contribution >= 0.6 is 0 Å². The minimum Gasteiger partial charge on any atom is -0.473 e. The second kappa shape index (κ2) is 22.8. The van der Waals surface area contributed by atoms with E-state index in [0.29, 0.717) is 59.6 Å². The fraction of sp³-hybridized carbons (Fsp3) is 0.442. The van der Waals surface area contributed by atoms with Gasteiger partial charge in [-0.15, -0.1) is 0 Å². The number of imide groups is 1. The highest BCUT2D eigenvalue weighted by Crippen LogP contribution is 2.41. The van der Waals surface area contributed by atoms with Gasteiger partial charge in [-0.25, -0.2) is 23.0 Å². The molecule has 0 unspecified atom stereocenters. The summed E-state index contributed by atoms with van der Waals surface area (Å²) in [5.74, 6) is -3.25. The number of sulfone groups is 1. The van der Waals surface area contributed by atoms with Crippen molar-refractivity contribution in [3.05, 3.63) is 98.9 Å². The highest BCUT2D eigenvalue weighted by atomic mass is 32.2. The summed E-state index contributed by atoms with van der Waals surface area (Å²) in [7, 11) is -3.51. The van der Waals surface area contributed by atoms with Crippen LogP contribution in [0, 0.1) is 5.92 Å². The van der Waals surface area contributed by atoms with Crippen LogP contribution < -0.4 is 26.2 Å². The average molecular weight is 1040 g/mol. The number of carbonyl (C=O) groups excluding carboxylic acids is 7. The van der Waals surface area contributed by atoms with Crippen molar-refractivity contribution in [2.24, 2.45) is 5.92 Å². The molecule has 2 aromatic heterocycles. The Labute approximate surface area is 427 Å². The van der Waals surface area contributed by atoms with Crippen molar-refractivity contribution in [3.8, 4) is 17.1 Å². The standard InChI is InChI=1S/C52H61N7O14S/c1-7-35-36-24-34(17-18-40(36)55-46-37(35)26-59-41(46)25-39-38(49(59)65)28-71-50(66)52(39,68)8-2)73-29-57(22-23-74(6,69)70)51(67)72-27-32-13-15-33(16-14-32)54-47(63)31(5)53-48(64)45(30(3)4)56-42(60)12-10-9-11-21-58-43(61)19-20-44(58)62/h13-20,24-25,30-31,45,68H,7-12,21-23,26-29H2,1-6H3,(H,53,64)(H,54,63)(H,56,60)/t31-,45-,52-/m0/s1. The van der Waals surface area contributed by atoms with Crippen LogP contribution in [0.25, 0.3) is 22.3 Å². The highest BCUT2D eigenvalue weighted by Gasteiger charge is 2.45. The van der Waals surface area contributed by atoms with Crippen molar-refractivity contribution in [2.75, 3.05) is 37.1 Å². The lowest BCUT2D eigenvalue weighted by atomic mass is 9.86. The molecule has 2 aromatic carbocycles. The van der Waals surface area contributed by atoms with Crippen LogP contribution in [0.15, 0.2) is 65.5 Å². The molecule has 0 fully saturated rings. The van der Waals surface area contributed by atoms with Crippen LogP contribution in [-0.4, -0.2) is 118 Å². The van der Waals surface area contributed by atoms with Gasteiger partial charge in [0.1, 0.15) is 40.9 Å². The van der Waals surface area contributed by atoms with Crippen LogP contribution in [0.4, 0.5) is 10.5 Å². The van der Waals surface area contributed by atoms with Gasteiger partial charge in [-0.05, 0) is 86.1 Å². The minimum absolute atomic E-state index is 0.0159. The first-order chi connectivity index (χ1) is 35.1. The highest BCUT2D eigenvalue weighted by molar-refractivity contribution is 7.90. The van der Waals surface area contributed by atoms with Gasteiger partial charge in [-0.3, -0.25) is 38.6 Å². The van der Waals surface area contributed by atoms with Crippen molar-refractivity contribution < 1.29 is 61.3 Å². The third kappa shape index (κ3) is 12.1. The molecule has 7 rings (SSSR count). The van der Waals surface area contributed by atoms with E-state index in [1.54, 1.807) is 73.9 Å². The van der Waals surface area contributed by atoms with Crippen molar-refractivity contribution in [2.45, 2.75) is 111 Å². The Morgan fingerprint density at radius 3 is 2.30 bits per heavy atom. The summed E-state index contributed by atoms with van der Waals surface area (Å²) in [6.45, 7) is 8.04. The number of rotatable bonds is 22. The van der Waals surface area contributed by atoms with Gasteiger partial charge in [0.15, 0.2) is 12.3 Å². The molecular formula is C52H61N7O14S. The number of aryl methyl sites for hydroxylation is 1. The molecule has 0 radical (unpaired) electrons. The topological polar surface area (TPSA) is 279 Å². The normalized spacial score (nSPS) is 16.5. The predicted molar refractivity (Wildman–Crippen MR) is 270 cm³/mol. The number of anilines is 1. The molecule has 3 aliphatic heterocycles. The van der Waals surface area contributed by atoms with Crippen LogP contribution in [-0.2, 0) is 79.9 Å². The smallest absolute Gasteiger partial charge is 0.412 e. The van der Waals surface area contributed by atoms with E-state index in [1.165, 1.54) is 19.1 Å². The van der Waals surface area contributed by atoms with Crippen molar-refractivity contribution >= 4 is 68.0 Å². The molecule has 4 aromatic rings. The first kappa shape index (κ1) is 54.3. The summed E-state index contributed by atoms with van der Waals surface area (Å²) in [6.07, 6.45) is 4.95. The van der Waals surface area contributed by atoms with Gasteiger partial charge in [0.05, 0.1) is 34.8 Å². The number of pyridine rings is 2. The van der Waals surface area contributed by atoms with E-state index in [1.807, 2.05) is 6.92 Å². The Morgan fingerprint density at radius 2 is 1.64 bits per heavy atom. The fourth-order valence-corrected chi connectivity index (χ4v) is 9.53. The zero-order valence-electron chi connectivity index (χ0n) is 42.1. The number of aromatic nitrogens is 2. The van der Waals surface area contributed by atoms with Gasteiger partial charge in [-0.2, -0.15) is 0 Å². The maximum absolute atomic E-state index is 13.8. The lowest BCUT2D eigenvalue weighted by Crippen LogP contribution is -2.53. The molecule has 22 heteroatoms. The third-order valence-corrected chi connectivity index (χ3v) is 14.2. The van der Waals surface area contributed by atoms with Crippen molar-refractivity contribution in [1.82, 2.24) is 30.0 Å².